The van der Waals surface area contributed by atoms with E-state index in [1.807, 2.05) is 68.6 Å². The number of carbonyl (C=O) groups excluding carboxylic acids is 1. The van der Waals surface area contributed by atoms with E-state index in [1.165, 1.54) is 11.8 Å². The van der Waals surface area contributed by atoms with Gasteiger partial charge in [0.2, 0.25) is 4.93 Å². The fourth-order valence-corrected chi connectivity index (χ4v) is 4.00. The highest BCUT2D eigenvalue weighted by Crippen LogP contribution is 2.51. The third-order valence-electron chi connectivity index (χ3n) is 3.73. The van der Waals surface area contributed by atoms with E-state index in [2.05, 4.69) is 0 Å². The molecule has 4 heteroatoms. The minimum atomic E-state index is -1.000. The van der Waals surface area contributed by atoms with Gasteiger partial charge in [0, 0.05) is 24.1 Å². The van der Waals surface area contributed by atoms with E-state index in [0.717, 1.165) is 22.6 Å². The van der Waals surface area contributed by atoms with Crippen molar-refractivity contribution in [1.29, 1.82) is 0 Å². The Morgan fingerprint density at radius 3 is 2.50 bits per heavy atom. The number of carbonyl (C=O) groups is 1. The van der Waals surface area contributed by atoms with E-state index in [-0.39, 0.29) is 5.91 Å². The molecule has 3 nitrogen and oxygen atoms in total. The Morgan fingerprint density at radius 1 is 1.09 bits per heavy atom. The molecule has 0 saturated heterocycles. The third kappa shape index (κ3) is 2.42. The summed E-state index contributed by atoms with van der Waals surface area (Å²) in [6, 6.07) is 17.7. The van der Waals surface area contributed by atoms with Gasteiger partial charge in [-0.15, -0.1) is 0 Å². The SMILES string of the molecule is CCCOC1(c2ccccc2)Sc2ccccc2N(C)C1=O. The molecule has 3 rings (SSSR count). The Hall–Kier alpha value is -1.78. The van der Waals surface area contributed by atoms with Gasteiger partial charge in [0.05, 0.1) is 5.69 Å². The second-order valence-electron chi connectivity index (χ2n) is 5.27. The van der Waals surface area contributed by atoms with Crippen LogP contribution in [-0.4, -0.2) is 19.6 Å². The van der Waals surface area contributed by atoms with Crippen molar-refractivity contribution in [2.24, 2.45) is 0 Å². The highest BCUT2D eigenvalue weighted by atomic mass is 32.2. The number of anilines is 1. The minimum absolute atomic E-state index is 0.0316. The van der Waals surface area contributed by atoms with E-state index in [9.17, 15) is 4.79 Å². The van der Waals surface area contributed by atoms with Gasteiger partial charge in [-0.25, -0.2) is 0 Å². The van der Waals surface area contributed by atoms with Crippen LogP contribution in [0.4, 0.5) is 5.69 Å². The van der Waals surface area contributed by atoms with Gasteiger partial charge in [0.15, 0.2) is 0 Å². The van der Waals surface area contributed by atoms with Gasteiger partial charge in [-0.3, -0.25) is 4.79 Å². The van der Waals surface area contributed by atoms with Crippen molar-refractivity contribution < 1.29 is 9.53 Å². The molecule has 0 spiro atoms. The lowest BCUT2D eigenvalue weighted by Crippen LogP contribution is -2.48. The summed E-state index contributed by atoms with van der Waals surface area (Å²) in [6.45, 7) is 2.60. The summed E-state index contributed by atoms with van der Waals surface area (Å²) in [5, 5.41) is 0. The topological polar surface area (TPSA) is 29.5 Å². The van der Waals surface area contributed by atoms with E-state index in [0.29, 0.717) is 6.61 Å². The van der Waals surface area contributed by atoms with Crippen LogP contribution in [0.3, 0.4) is 0 Å². The Morgan fingerprint density at radius 2 is 1.77 bits per heavy atom. The minimum Gasteiger partial charge on any atom is -0.351 e. The van der Waals surface area contributed by atoms with Crippen LogP contribution in [0.25, 0.3) is 0 Å². The van der Waals surface area contributed by atoms with Crippen LogP contribution in [0.5, 0.6) is 0 Å². The van der Waals surface area contributed by atoms with Gasteiger partial charge in [0.25, 0.3) is 5.91 Å². The molecule has 1 aliphatic heterocycles. The predicted molar refractivity (Wildman–Crippen MR) is 90.1 cm³/mol. The van der Waals surface area contributed by atoms with Gasteiger partial charge >= 0.3 is 0 Å². The molecule has 0 bridgehead atoms. The zero-order valence-corrected chi connectivity index (χ0v) is 13.6. The van der Waals surface area contributed by atoms with Crippen molar-refractivity contribution in [1.82, 2.24) is 0 Å². The molecule has 0 radical (unpaired) electrons. The van der Waals surface area contributed by atoms with Gasteiger partial charge in [-0.2, -0.15) is 0 Å². The van der Waals surface area contributed by atoms with Crippen LogP contribution >= 0.6 is 11.8 Å². The number of hydrogen-bond donors (Lipinski definition) is 0. The average Bonchev–Trinajstić information content (AvgIpc) is 2.58. The normalized spacial score (nSPS) is 20.8. The molecule has 0 aliphatic carbocycles. The van der Waals surface area contributed by atoms with Gasteiger partial charge in [-0.1, -0.05) is 61.2 Å². The maximum atomic E-state index is 13.1. The highest BCUT2D eigenvalue weighted by molar-refractivity contribution is 8.01. The Kier molecular flexibility index (Phi) is 4.23. The lowest BCUT2D eigenvalue weighted by molar-refractivity contribution is -0.134. The molecule has 1 aliphatic rings. The molecule has 22 heavy (non-hydrogen) atoms. The van der Waals surface area contributed by atoms with Crippen LogP contribution in [0, 0.1) is 0 Å². The Bertz CT molecular complexity index is 674. The molecule has 1 atom stereocenters. The lowest BCUT2D eigenvalue weighted by atomic mass is 10.1. The molecule has 0 N–H and O–H groups in total. The first kappa shape index (κ1) is 15.1. The monoisotopic (exact) mass is 313 g/mol. The number of amides is 1. The van der Waals surface area contributed by atoms with Gasteiger partial charge in [-0.05, 0) is 18.6 Å². The lowest BCUT2D eigenvalue weighted by Gasteiger charge is -2.40. The standard InChI is InChI=1S/C18H19NO2S/c1-3-13-21-18(14-9-5-4-6-10-14)17(20)19(2)15-11-7-8-12-16(15)22-18/h4-12H,3,13H2,1-2H3. The Labute approximate surface area is 135 Å². The first-order valence-corrected chi connectivity index (χ1v) is 8.26. The second kappa shape index (κ2) is 6.15. The van der Waals surface area contributed by atoms with Crippen LogP contribution in [0.1, 0.15) is 18.9 Å². The van der Waals surface area contributed by atoms with E-state index >= 15 is 0 Å². The van der Waals surface area contributed by atoms with Crippen LogP contribution in [0.2, 0.25) is 0 Å². The zero-order valence-electron chi connectivity index (χ0n) is 12.8. The Balaban J connectivity index is 2.12. The van der Waals surface area contributed by atoms with Crippen molar-refractivity contribution in [3.63, 3.8) is 0 Å². The number of likely N-dealkylation sites (N-methyl/N-ethyl adjacent to an activating group) is 1. The summed E-state index contributed by atoms with van der Waals surface area (Å²) in [5.74, 6) is -0.0316. The summed E-state index contributed by atoms with van der Waals surface area (Å²) < 4.78 is 6.12. The van der Waals surface area contributed by atoms with Crippen LogP contribution < -0.4 is 4.90 Å². The number of nitrogens with zero attached hydrogens (tertiary/aromatic N) is 1. The largest absolute Gasteiger partial charge is 0.351 e. The van der Waals surface area contributed by atoms with E-state index in [1.54, 1.807) is 4.90 Å². The molecule has 0 fully saturated rings. The second-order valence-corrected chi connectivity index (χ2v) is 6.48. The molecule has 114 valence electrons. The van der Waals surface area contributed by atoms with Gasteiger partial charge in [0.1, 0.15) is 0 Å². The van der Waals surface area contributed by atoms with Crippen LogP contribution in [-0.2, 0) is 14.5 Å². The fourth-order valence-electron chi connectivity index (χ4n) is 2.61. The molecule has 1 heterocycles. The molecule has 1 amide bonds. The summed E-state index contributed by atoms with van der Waals surface area (Å²) in [5.41, 5.74) is 1.82. The average molecular weight is 313 g/mol. The molecular formula is C18H19NO2S. The summed E-state index contributed by atoms with van der Waals surface area (Å²) in [6.07, 6.45) is 0.869. The summed E-state index contributed by atoms with van der Waals surface area (Å²) >= 11 is 1.50. The number of thioether (sulfide) groups is 1. The fraction of sp³-hybridized carbons (Fsp3) is 0.278. The molecule has 0 aromatic heterocycles. The maximum absolute atomic E-state index is 13.1. The number of rotatable bonds is 4. The molecule has 0 saturated carbocycles. The molecule has 2 aromatic rings. The maximum Gasteiger partial charge on any atom is 0.274 e. The summed E-state index contributed by atoms with van der Waals surface area (Å²) in [4.78, 5) is 14.9. The molecule has 1 unspecified atom stereocenters. The first-order chi connectivity index (χ1) is 10.7. The number of ether oxygens (including phenoxy) is 1. The predicted octanol–water partition coefficient (Wildman–Crippen LogP) is 4.03. The van der Waals surface area contributed by atoms with Crippen LogP contribution in [0.15, 0.2) is 59.5 Å². The van der Waals surface area contributed by atoms with E-state index in [4.69, 9.17) is 4.74 Å². The zero-order chi connectivity index (χ0) is 15.6. The number of hydrogen-bond acceptors (Lipinski definition) is 3. The van der Waals surface area contributed by atoms with Crippen molar-refractivity contribution in [2.75, 3.05) is 18.6 Å². The third-order valence-corrected chi connectivity index (χ3v) is 5.11. The highest BCUT2D eigenvalue weighted by Gasteiger charge is 2.48. The smallest absolute Gasteiger partial charge is 0.274 e. The van der Waals surface area contributed by atoms with Gasteiger partial charge < -0.3 is 9.64 Å². The summed E-state index contributed by atoms with van der Waals surface area (Å²) in [7, 11) is 1.81. The number of fused-ring (bicyclic) bond motifs is 1. The molecule has 2 aromatic carbocycles. The quantitative estimate of drug-likeness (QED) is 0.853. The molecular weight excluding hydrogens is 294 g/mol. The first-order valence-electron chi connectivity index (χ1n) is 7.44. The van der Waals surface area contributed by atoms with Crippen molar-refractivity contribution in [2.45, 2.75) is 23.2 Å². The van der Waals surface area contributed by atoms with Crippen molar-refractivity contribution in [3.8, 4) is 0 Å². The van der Waals surface area contributed by atoms with E-state index < -0.39 is 4.93 Å². The number of para-hydroxylation sites is 1. The van der Waals surface area contributed by atoms with Crippen molar-refractivity contribution >= 4 is 23.4 Å². The number of benzene rings is 2. The van der Waals surface area contributed by atoms with Crippen molar-refractivity contribution in [3.05, 3.63) is 60.2 Å².